The molecule has 176 valence electrons. The standard InChI is InChI=1S/C16H18FN.C12H12N2O2/c1-11-2-4-12(5-3-11)14-8-9-18-16-7-6-13(17)10-15(14)16;1-16-9-4-2-8(3-5-9)10-6-14-7-11(10)12(13)15/h6-12H,2-5H2,1H3;2-7,14H,1H3,(H2,13,15). The van der Waals surface area contributed by atoms with E-state index >= 15 is 0 Å². The van der Waals surface area contributed by atoms with E-state index in [1.54, 1.807) is 31.6 Å². The summed E-state index contributed by atoms with van der Waals surface area (Å²) < 4.78 is 18.5. The lowest BCUT2D eigenvalue weighted by molar-refractivity contribution is 0.100. The summed E-state index contributed by atoms with van der Waals surface area (Å²) in [5, 5.41) is 0.997. The number of carbonyl (C=O) groups is 1. The van der Waals surface area contributed by atoms with E-state index in [2.05, 4.69) is 23.0 Å². The molecular formula is C28H30FN3O2. The number of methoxy groups -OCH3 is 1. The molecule has 5 nitrogen and oxygen atoms in total. The number of benzene rings is 2. The summed E-state index contributed by atoms with van der Waals surface area (Å²) in [5.41, 5.74) is 9.68. The van der Waals surface area contributed by atoms with Crippen LogP contribution in [0, 0.1) is 11.7 Å². The number of nitrogens with zero attached hydrogens (tertiary/aromatic N) is 1. The zero-order valence-corrected chi connectivity index (χ0v) is 19.6. The molecule has 0 saturated heterocycles. The molecular weight excluding hydrogens is 429 g/mol. The maximum Gasteiger partial charge on any atom is 0.250 e. The molecule has 1 aliphatic carbocycles. The van der Waals surface area contributed by atoms with Gasteiger partial charge in [-0.25, -0.2) is 4.39 Å². The fourth-order valence-corrected chi connectivity index (χ4v) is 4.64. The number of fused-ring (bicyclic) bond motifs is 1. The van der Waals surface area contributed by atoms with Gasteiger partial charge in [0.05, 0.1) is 18.2 Å². The Morgan fingerprint density at radius 3 is 2.47 bits per heavy atom. The summed E-state index contributed by atoms with van der Waals surface area (Å²) in [6, 6.07) is 14.4. The van der Waals surface area contributed by atoms with Gasteiger partial charge >= 0.3 is 0 Å². The Bertz CT molecular complexity index is 1260. The van der Waals surface area contributed by atoms with Crippen LogP contribution in [0.2, 0.25) is 0 Å². The second-order valence-electron chi connectivity index (χ2n) is 8.89. The Morgan fingerprint density at radius 2 is 1.79 bits per heavy atom. The Kier molecular flexibility index (Phi) is 7.26. The van der Waals surface area contributed by atoms with Gasteiger partial charge in [-0.15, -0.1) is 0 Å². The highest BCUT2D eigenvalue weighted by Gasteiger charge is 2.21. The molecule has 0 unspecified atom stereocenters. The van der Waals surface area contributed by atoms with Gasteiger partial charge in [-0.05, 0) is 72.2 Å². The number of aromatic amines is 1. The molecule has 1 fully saturated rings. The van der Waals surface area contributed by atoms with Gasteiger partial charge in [0.25, 0.3) is 5.91 Å². The van der Waals surface area contributed by atoms with E-state index in [0.717, 1.165) is 33.7 Å². The van der Waals surface area contributed by atoms with Crippen molar-refractivity contribution >= 4 is 16.8 Å². The molecule has 4 aromatic rings. The van der Waals surface area contributed by atoms with Gasteiger partial charge in [-0.1, -0.05) is 31.9 Å². The van der Waals surface area contributed by atoms with E-state index in [1.807, 2.05) is 30.5 Å². The second-order valence-corrected chi connectivity index (χ2v) is 8.89. The van der Waals surface area contributed by atoms with Crippen molar-refractivity contribution in [1.82, 2.24) is 9.97 Å². The van der Waals surface area contributed by atoms with Crippen molar-refractivity contribution in [3.63, 3.8) is 0 Å². The largest absolute Gasteiger partial charge is 0.497 e. The van der Waals surface area contributed by atoms with Crippen molar-refractivity contribution < 1.29 is 13.9 Å². The Balaban J connectivity index is 0.000000162. The molecule has 2 aromatic heterocycles. The van der Waals surface area contributed by atoms with Crippen molar-refractivity contribution in [1.29, 1.82) is 0 Å². The fourth-order valence-electron chi connectivity index (χ4n) is 4.64. The van der Waals surface area contributed by atoms with E-state index < -0.39 is 5.91 Å². The van der Waals surface area contributed by atoms with Gasteiger partial charge in [-0.2, -0.15) is 0 Å². The van der Waals surface area contributed by atoms with Gasteiger partial charge in [-0.3, -0.25) is 9.78 Å². The van der Waals surface area contributed by atoms with Crippen molar-refractivity contribution in [3.8, 4) is 16.9 Å². The zero-order valence-electron chi connectivity index (χ0n) is 19.6. The maximum atomic E-state index is 13.4. The molecule has 0 spiro atoms. The lowest BCUT2D eigenvalue weighted by atomic mass is 9.78. The van der Waals surface area contributed by atoms with Crippen LogP contribution in [0.15, 0.2) is 67.1 Å². The van der Waals surface area contributed by atoms with Crippen LogP contribution in [0.1, 0.15) is 54.4 Å². The van der Waals surface area contributed by atoms with E-state index in [9.17, 15) is 9.18 Å². The average Bonchev–Trinajstić information content (AvgIpc) is 3.35. The quantitative estimate of drug-likeness (QED) is 0.368. The maximum absolute atomic E-state index is 13.4. The number of hydrogen-bond acceptors (Lipinski definition) is 3. The Morgan fingerprint density at radius 1 is 1.06 bits per heavy atom. The number of nitrogens with two attached hydrogens (primary N) is 1. The number of amides is 1. The molecule has 1 amide bonds. The molecule has 0 aliphatic heterocycles. The zero-order chi connectivity index (χ0) is 24.1. The van der Waals surface area contributed by atoms with E-state index in [4.69, 9.17) is 10.5 Å². The molecule has 0 radical (unpaired) electrons. The first-order valence-electron chi connectivity index (χ1n) is 11.6. The number of primary amides is 1. The minimum absolute atomic E-state index is 0.166. The van der Waals surface area contributed by atoms with Crippen LogP contribution in [0.4, 0.5) is 4.39 Å². The molecule has 34 heavy (non-hydrogen) atoms. The molecule has 0 atom stereocenters. The molecule has 2 heterocycles. The number of hydrogen-bond donors (Lipinski definition) is 2. The van der Waals surface area contributed by atoms with Crippen molar-refractivity contribution in [2.75, 3.05) is 7.11 Å². The number of nitrogens with one attached hydrogen (secondary N) is 1. The number of carbonyl (C=O) groups excluding carboxylic acids is 1. The van der Waals surface area contributed by atoms with Gasteiger partial charge in [0, 0.05) is 29.5 Å². The molecule has 1 aliphatic rings. The Labute approximate surface area is 199 Å². The lowest BCUT2D eigenvalue weighted by Crippen LogP contribution is -2.11. The molecule has 1 saturated carbocycles. The van der Waals surface area contributed by atoms with Crippen LogP contribution in [0.5, 0.6) is 5.75 Å². The first-order valence-corrected chi connectivity index (χ1v) is 11.6. The lowest BCUT2D eigenvalue weighted by Gasteiger charge is -2.27. The highest BCUT2D eigenvalue weighted by molar-refractivity contribution is 5.99. The van der Waals surface area contributed by atoms with E-state index in [0.29, 0.717) is 11.5 Å². The van der Waals surface area contributed by atoms with Crippen molar-refractivity contribution in [3.05, 3.63) is 84.1 Å². The van der Waals surface area contributed by atoms with Crippen LogP contribution in [-0.4, -0.2) is 23.0 Å². The number of H-pyrrole nitrogens is 1. The number of aromatic nitrogens is 2. The average molecular weight is 460 g/mol. The predicted molar refractivity (Wildman–Crippen MR) is 133 cm³/mol. The van der Waals surface area contributed by atoms with Gasteiger partial charge < -0.3 is 15.5 Å². The number of pyridine rings is 1. The molecule has 2 aromatic carbocycles. The number of ether oxygens (including phenoxy) is 1. The first-order chi connectivity index (χ1) is 16.5. The molecule has 6 heteroatoms. The van der Waals surface area contributed by atoms with Gasteiger partial charge in [0.2, 0.25) is 0 Å². The van der Waals surface area contributed by atoms with Crippen LogP contribution in [0.3, 0.4) is 0 Å². The highest BCUT2D eigenvalue weighted by Crippen LogP contribution is 2.38. The van der Waals surface area contributed by atoms with Gasteiger partial charge in [0.1, 0.15) is 11.6 Å². The van der Waals surface area contributed by atoms with E-state index in [-0.39, 0.29) is 5.82 Å². The fraction of sp³-hybridized carbons (Fsp3) is 0.286. The summed E-state index contributed by atoms with van der Waals surface area (Å²) in [5.74, 6) is 1.59. The summed E-state index contributed by atoms with van der Waals surface area (Å²) in [7, 11) is 1.61. The first kappa shape index (κ1) is 23.5. The SMILES string of the molecule is CC1CCC(c2ccnc3ccc(F)cc23)CC1.COc1ccc(-c2c[nH]cc2C(N)=O)cc1. The van der Waals surface area contributed by atoms with Crippen LogP contribution in [-0.2, 0) is 0 Å². The van der Waals surface area contributed by atoms with Crippen LogP contribution < -0.4 is 10.5 Å². The molecule has 0 bridgehead atoms. The topological polar surface area (TPSA) is 81.0 Å². The monoisotopic (exact) mass is 459 g/mol. The number of rotatable bonds is 4. The van der Waals surface area contributed by atoms with Crippen LogP contribution in [0.25, 0.3) is 22.0 Å². The summed E-state index contributed by atoms with van der Waals surface area (Å²) >= 11 is 0. The third-order valence-electron chi connectivity index (χ3n) is 6.60. The summed E-state index contributed by atoms with van der Waals surface area (Å²) in [4.78, 5) is 18.4. The third kappa shape index (κ3) is 5.28. The third-order valence-corrected chi connectivity index (χ3v) is 6.60. The minimum atomic E-state index is -0.438. The minimum Gasteiger partial charge on any atom is -0.497 e. The molecule has 3 N–H and O–H groups in total. The second kappa shape index (κ2) is 10.5. The van der Waals surface area contributed by atoms with Crippen molar-refractivity contribution in [2.24, 2.45) is 11.7 Å². The van der Waals surface area contributed by atoms with E-state index in [1.165, 1.54) is 37.3 Å². The number of halogens is 1. The van der Waals surface area contributed by atoms with Crippen molar-refractivity contribution in [2.45, 2.75) is 38.5 Å². The predicted octanol–water partition coefficient (Wildman–Crippen LogP) is 6.46. The van der Waals surface area contributed by atoms with Gasteiger partial charge in [0.15, 0.2) is 0 Å². The molecule has 5 rings (SSSR count). The summed E-state index contributed by atoms with van der Waals surface area (Å²) in [6.45, 7) is 2.32. The highest BCUT2D eigenvalue weighted by atomic mass is 19.1. The summed E-state index contributed by atoms with van der Waals surface area (Å²) in [6.07, 6.45) is 10.2. The smallest absolute Gasteiger partial charge is 0.250 e. The Hall–Kier alpha value is -3.67. The normalized spacial score (nSPS) is 17.6. The van der Waals surface area contributed by atoms with Crippen LogP contribution >= 0.6 is 0 Å².